The molecular formula is C53H34N2O. The molecule has 1 aromatic heterocycles. The Kier molecular flexibility index (Phi) is 7.49. The highest BCUT2D eigenvalue weighted by atomic mass is 16.3. The van der Waals surface area contributed by atoms with Crippen molar-refractivity contribution in [3.05, 3.63) is 206 Å². The summed E-state index contributed by atoms with van der Waals surface area (Å²) >= 11 is 0. The predicted molar refractivity (Wildman–Crippen MR) is 235 cm³/mol. The van der Waals surface area contributed by atoms with Crippen LogP contribution in [0.1, 0.15) is 0 Å². The Balaban J connectivity index is 1.12. The fourth-order valence-electron chi connectivity index (χ4n) is 8.39. The summed E-state index contributed by atoms with van der Waals surface area (Å²) in [4.78, 5) is 7.33. The second-order valence-electron chi connectivity index (χ2n) is 14.3. The Morgan fingerprint density at radius 2 is 0.946 bits per heavy atom. The molecule has 11 aromatic rings. The van der Waals surface area contributed by atoms with Crippen LogP contribution in [-0.2, 0) is 0 Å². The molecule has 0 spiro atoms. The molecule has 0 N–H and O–H groups in total. The Morgan fingerprint density at radius 3 is 1.68 bits per heavy atom. The van der Waals surface area contributed by atoms with Gasteiger partial charge < -0.3 is 9.32 Å². The molecule has 10 aromatic carbocycles. The van der Waals surface area contributed by atoms with Gasteiger partial charge in [-0.05, 0) is 97.7 Å². The lowest BCUT2D eigenvalue weighted by Crippen LogP contribution is -2.10. The molecule has 0 unspecified atom stereocenters. The van der Waals surface area contributed by atoms with E-state index in [0.29, 0.717) is 5.89 Å². The average Bonchev–Trinajstić information content (AvgIpc) is 3.72. The Hall–Kier alpha value is -7.49. The van der Waals surface area contributed by atoms with Crippen LogP contribution in [0, 0.1) is 0 Å². The van der Waals surface area contributed by atoms with Crippen molar-refractivity contribution in [2.75, 3.05) is 4.90 Å². The molecule has 0 aliphatic rings. The monoisotopic (exact) mass is 714 g/mol. The number of hydrogen-bond acceptors (Lipinski definition) is 3. The van der Waals surface area contributed by atoms with E-state index >= 15 is 0 Å². The largest absolute Gasteiger partial charge is 0.435 e. The first kappa shape index (κ1) is 32.0. The van der Waals surface area contributed by atoms with E-state index < -0.39 is 0 Å². The smallest absolute Gasteiger partial charge is 0.227 e. The molecule has 0 aliphatic heterocycles. The summed E-state index contributed by atoms with van der Waals surface area (Å²) in [7, 11) is 0. The summed E-state index contributed by atoms with van der Waals surface area (Å²) in [6.45, 7) is 0. The third-order valence-electron chi connectivity index (χ3n) is 11.1. The van der Waals surface area contributed by atoms with Crippen LogP contribution < -0.4 is 4.90 Å². The van der Waals surface area contributed by atoms with Crippen LogP contribution in [0.3, 0.4) is 0 Å². The maximum Gasteiger partial charge on any atom is 0.227 e. The van der Waals surface area contributed by atoms with Gasteiger partial charge in [0, 0.05) is 33.1 Å². The van der Waals surface area contributed by atoms with E-state index in [1.165, 1.54) is 49.2 Å². The van der Waals surface area contributed by atoms with E-state index in [2.05, 4.69) is 181 Å². The van der Waals surface area contributed by atoms with Crippen LogP contribution in [-0.4, -0.2) is 4.98 Å². The molecular weight excluding hydrogens is 681 g/mol. The predicted octanol–water partition coefficient (Wildman–Crippen LogP) is 14.9. The van der Waals surface area contributed by atoms with Gasteiger partial charge in [0.2, 0.25) is 5.89 Å². The lowest BCUT2D eigenvalue weighted by molar-refractivity contribution is 0.623. The topological polar surface area (TPSA) is 29.3 Å². The second-order valence-corrected chi connectivity index (χ2v) is 14.3. The third-order valence-corrected chi connectivity index (χ3v) is 11.1. The SMILES string of the molecule is c1ccc(-c2ccc(N(c3ccc4c(ccc5ccc6ccc7nc(-c8ccccc8)oc7c6c54)c3)c3ccc(-c4ccccc4)c4ccccc34)cc2)cc1. The van der Waals surface area contributed by atoms with Crippen LogP contribution >= 0.6 is 0 Å². The molecule has 3 nitrogen and oxygen atoms in total. The van der Waals surface area contributed by atoms with Crippen molar-refractivity contribution >= 4 is 71.3 Å². The fraction of sp³-hybridized carbons (Fsp3) is 0. The van der Waals surface area contributed by atoms with Gasteiger partial charge in [0.05, 0.1) is 5.69 Å². The second kappa shape index (κ2) is 13.1. The summed E-state index contributed by atoms with van der Waals surface area (Å²) < 4.78 is 6.61. The number of aromatic nitrogens is 1. The van der Waals surface area contributed by atoms with Gasteiger partial charge in [-0.15, -0.1) is 0 Å². The van der Waals surface area contributed by atoms with Crippen molar-refractivity contribution < 1.29 is 4.42 Å². The summed E-state index contributed by atoms with van der Waals surface area (Å²) in [6, 6.07) is 73.6. The van der Waals surface area contributed by atoms with Gasteiger partial charge in [-0.3, -0.25) is 0 Å². The van der Waals surface area contributed by atoms with Crippen LogP contribution in [0.25, 0.3) is 87.9 Å². The van der Waals surface area contributed by atoms with Gasteiger partial charge in [-0.1, -0.05) is 158 Å². The first-order valence-corrected chi connectivity index (χ1v) is 19.0. The van der Waals surface area contributed by atoms with E-state index in [1.54, 1.807) is 0 Å². The zero-order valence-electron chi connectivity index (χ0n) is 30.4. The Labute approximate surface area is 324 Å². The molecule has 262 valence electrons. The molecule has 0 radical (unpaired) electrons. The normalized spacial score (nSPS) is 11.6. The minimum atomic E-state index is 0.632. The number of hydrogen-bond donors (Lipinski definition) is 0. The van der Waals surface area contributed by atoms with E-state index in [0.717, 1.165) is 49.9 Å². The molecule has 0 amide bonds. The summed E-state index contributed by atoms with van der Waals surface area (Å²) in [5.41, 5.74) is 10.7. The highest BCUT2D eigenvalue weighted by Gasteiger charge is 2.20. The standard InChI is InChI=1S/C53H34N2O/c1-4-12-35(13-5-1)36-24-27-42(28-25-36)55(49-33-31-44(37-14-6-2-7-15-37)46-18-10-11-19-47(46)49)43-29-30-45-41(34-43)23-22-38-20-21-39-26-32-48-52(51(39)50(38)45)56-53(54-48)40-16-8-3-9-17-40/h1-34H. The van der Waals surface area contributed by atoms with E-state index in [4.69, 9.17) is 9.40 Å². The van der Waals surface area contributed by atoms with Crippen molar-refractivity contribution in [2.45, 2.75) is 0 Å². The minimum absolute atomic E-state index is 0.632. The van der Waals surface area contributed by atoms with Crippen LogP contribution in [0.15, 0.2) is 211 Å². The number of fused-ring (bicyclic) bond motifs is 8. The van der Waals surface area contributed by atoms with Crippen LogP contribution in [0.5, 0.6) is 0 Å². The minimum Gasteiger partial charge on any atom is -0.435 e. The Bertz CT molecular complexity index is 3230. The van der Waals surface area contributed by atoms with Gasteiger partial charge >= 0.3 is 0 Å². The summed E-state index contributed by atoms with van der Waals surface area (Å²) in [6.07, 6.45) is 0. The van der Waals surface area contributed by atoms with Gasteiger partial charge in [0.25, 0.3) is 0 Å². The molecule has 0 saturated carbocycles. The highest BCUT2D eigenvalue weighted by molar-refractivity contribution is 6.26. The van der Waals surface area contributed by atoms with E-state index in [9.17, 15) is 0 Å². The molecule has 1 heterocycles. The third kappa shape index (κ3) is 5.32. The molecule has 56 heavy (non-hydrogen) atoms. The lowest BCUT2D eigenvalue weighted by atomic mass is 9.94. The maximum atomic E-state index is 6.61. The number of nitrogens with zero attached hydrogens (tertiary/aromatic N) is 2. The molecule has 3 heteroatoms. The zero-order chi connectivity index (χ0) is 37.0. The molecule has 0 bridgehead atoms. The lowest BCUT2D eigenvalue weighted by Gasteiger charge is -2.28. The maximum absolute atomic E-state index is 6.61. The Morgan fingerprint density at radius 1 is 0.375 bits per heavy atom. The molecule has 0 atom stereocenters. The molecule has 11 rings (SSSR count). The van der Waals surface area contributed by atoms with E-state index in [-0.39, 0.29) is 0 Å². The van der Waals surface area contributed by atoms with Crippen molar-refractivity contribution in [3.63, 3.8) is 0 Å². The molecule has 0 aliphatic carbocycles. The number of anilines is 3. The zero-order valence-corrected chi connectivity index (χ0v) is 30.4. The van der Waals surface area contributed by atoms with Gasteiger partial charge in [-0.25, -0.2) is 4.98 Å². The first-order chi connectivity index (χ1) is 27.8. The molecule has 0 fully saturated rings. The van der Waals surface area contributed by atoms with E-state index in [1.807, 2.05) is 30.3 Å². The van der Waals surface area contributed by atoms with Crippen molar-refractivity contribution in [1.82, 2.24) is 4.98 Å². The number of oxazole rings is 1. The van der Waals surface area contributed by atoms with Crippen LogP contribution in [0.2, 0.25) is 0 Å². The fourth-order valence-corrected chi connectivity index (χ4v) is 8.39. The average molecular weight is 715 g/mol. The molecule has 0 saturated heterocycles. The van der Waals surface area contributed by atoms with Crippen LogP contribution in [0.4, 0.5) is 17.1 Å². The summed E-state index contributed by atoms with van der Waals surface area (Å²) in [5.74, 6) is 0.632. The van der Waals surface area contributed by atoms with Gasteiger partial charge in [0.15, 0.2) is 5.58 Å². The number of benzene rings is 10. The first-order valence-electron chi connectivity index (χ1n) is 19.0. The van der Waals surface area contributed by atoms with Gasteiger partial charge in [0.1, 0.15) is 5.52 Å². The van der Waals surface area contributed by atoms with Crippen molar-refractivity contribution in [2.24, 2.45) is 0 Å². The number of rotatable bonds is 6. The van der Waals surface area contributed by atoms with Crippen molar-refractivity contribution in [1.29, 1.82) is 0 Å². The van der Waals surface area contributed by atoms with Crippen molar-refractivity contribution in [3.8, 4) is 33.7 Å². The van der Waals surface area contributed by atoms with Gasteiger partial charge in [-0.2, -0.15) is 0 Å². The quantitative estimate of drug-likeness (QED) is 0.161. The highest BCUT2D eigenvalue weighted by Crippen LogP contribution is 2.45. The summed E-state index contributed by atoms with van der Waals surface area (Å²) in [5, 5.41) is 9.28.